The van der Waals surface area contributed by atoms with Gasteiger partial charge >= 0.3 is 0 Å². The van der Waals surface area contributed by atoms with Crippen LogP contribution in [-0.2, 0) is 0 Å². The van der Waals surface area contributed by atoms with Crippen molar-refractivity contribution in [2.24, 2.45) is 5.73 Å². The zero-order valence-corrected chi connectivity index (χ0v) is 14.3. The fraction of sp³-hybridized carbons (Fsp3) is 0.167. The molecule has 0 radical (unpaired) electrons. The van der Waals surface area contributed by atoms with Gasteiger partial charge in [0.1, 0.15) is 34.6 Å². The molecule has 1 unspecified atom stereocenters. The summed E-state index contributed by atoms with van der Waals surface area (Å²) in [5.41, 5.74) is 7.42. The van der Waals surface area contributed by atoms with Gasteiger partial charge in [0.15, 0.2) is 0 Å². The van der Waals surface area contributed by atoms with Crippen molar-refractivity contribution in [3.8, 4) is 29.1 Å². The molecule has 1 aliphatic rings. The lowest BCUT2D eigenvalue weighted by molar-refractivity contribution is 0.380. The summed E-state index contributed by atoms with van der Waals surface area (Å²) in [6.45, 7) is 0. The van der Waals surface area contributed by atoms with E-state index in [1.165, 1.54) is 13.2 Å². The number of methoxy groups -OCH3 is 2. The molecular weight excluding hydrogens is 344 g/mol. The zero-order chi connectivity index (χ0) is 18.1. The molecule has 2 aromatic carbocycles. The summed E-state index contributed by atoms with van der Waals surface area (Å²) in [7, 11) is 3.09. The van der Waals surface area contributed by atoms with Gasteiger partial charge in [-0.15, -0.1) is 0 Å². The average Bonchev–Trinajstić information content (AvgIpc) is 2.61. The predicted molar refractivity (Wildman–Crippen MR) is 92.0 cm³/mol. The van der Waals surface area contributed by atoms with Crippen molar-refractivity contribution in [3.63, 3.8) is 0 Å². The number of phenolic OH excluding ortho intramolecular Hbond substituents is 1. The van der Waals surface area contributed by atoms with Gasteiger partial charge in [-0.3, -0.25) is 0 Å². The van der Waals surface area contributed by atoms with E-state index in [0.29, 0.717) is 28.4 Å². The Labute approximate surface area is 149 Å². The van der Waals surface area contributed by atoms with Gasteiger partial charge in [0, 0.05) is 17.2 Å². The lowest BCUT2D eigenvalue weighted by Crippen LogP contribution is -2.21. The molecule has 128 valence electrons. The van der Waals surface area contributed by atoms with E-state index in [9.17, 15) is 10.4 Å². The van der Waals surface area contributed by atoms with Crippen LogP contribution < -0.4 is 19.9 Å². The maximum atomic E-state index is 9.85. The number of benzene rings is 2. The van der Waals surface area contributed by atoms with Crippen LogP contribution in [0.2, 0.25) is 5.02 Å². The molecule has 0 bridgehead atoms. The Kier molecular flexibility index (Phi) is 4.34. The fourth-order valence-corrected chi connectivity index (χ4v) is 3.02. The highest BCUT2D eigenvalue weighted by Gasteiger charge is 2.33. The van der Waals surface area contributed by atoms with Crippen LogP contribution in [0, 0.1) is 11.3 Å². The summed E-state index contributed by atoms with van der Waals surface area (Å²) < 4.78 is 16.2. The van der Waals surface area contributed by atoms with Gasteiger partial charge in [-0.2, -0.15) is 5.26 Å². The third-order valence-corrected chi connectivity index (χ3v) is 4.34. The van der Waals surface area contributed by atoms with Crippen molar-refractivity contribution < 1.29 is 19.3 Å². The van der Waals surface area contributed by atoms with E-state index in [0.717, 1.165) is 0 Å². The summed E-state index contributed by atoms with van der Waals surface area (Å²) in [4.78, 5) is 0. The first-order valence-corrected chi connectivity index (χ1v) is 7.69. The Morgan fingerprint density at radius 3 is 2.60 bits per heavy atom. The van der Waals surface area contributed by atoms with Crippen molar-refractivity contribution in [2.75, 3.05) is 14.2 Å². The average molecular weight is 359 g/mol. The van der Waals surface area contributed by atoms with Crippen molar-refractivity contribution in [2.45, 2.75) is 5.92 Å². The first kappa shape index (κ1) is 16.8. The standard InChI is InChI=1S/C18H15ClN2O4/c1-23-9-3-4-15(24-2)10(5-9)17-11-6-13(19)14(22)7-16(11)25-18(21)12(17)8-20/h3-7,17,22H,21H2,1-2H3. The molecule has 3 rings (SSSR count). The SMILES string of the molecule is COc1ccc(OC)c(C2C(C#N)=C(N)Oc3cc(O)c(Cl)cc32)c1. The number of fused-ring (bicyclic) bond motifs is 1. The van der Waals surface area contributed by atoms with Crippen LogP contribution in [-0.4, -0.2) is 19.3 Å². The molecule has 3 N–H and O–H groups in total. The third-order valence-electron chi connectivity index (χ3n) is 4.03. The molecule has 0 amide bonds. The van der Waals surface area contributed by atoms with Crippen molar-refractivity contribution in [3.05, 3.63) is 57.9 Å². The number of nitriles is 1. The third kappa shape index (κ3) is 2.79. The molecule has 0 fully saturated rings. The van der Waals surface area contributed by atoms with E-state index in [1.54, 1.807) is 31.4 Å². The Balaban J connectivity index is 2.31. The number of ether oxygens (including phenoxy) is 3. The van der Waals surface area contributed by atoms with Gasteiger partial charge < -0.3 is 25.1 Å². The lowest BCUT2D eigenvalue weighted by Gasteiger charge is -2.28. The minimum absolute atomic E-state index is 0.0356. The lowest BCUT2D eigenvalue weighted by atomic mass is 9.83. The molecule has 0 aliphatic carbocycles. The molecule has 1 aliphatic heterocycles. The minimum atomic E-state index is -0.572. The van der Waals surface area contributed by atoms with Crippen molar-refractivity contribution in [1.29, 1.82) is 5.26 Å². The van der Waals surface area contributed by atoms with Crippen LogP contribution in [0.5, 0.6) is 23.0 Å². The van der Waals surface area contributed by atoms with E-state index < -0.39 is 5.92 Å². The van der Waals surface area contributed by atoms with Gasteiger partial charge in [0.2, 0.25) is 5.88 Å². The first-order chi connectivity index (χ1) is 12.0. The molecule has 0 saturated carbocycles. The van der Waals surface area contributed by atoms with Crippen molar-refractivity contribution in [1.82, 2.24) is 0 Å². The fourth-order valence-electron chi connectivity index (χ4n) is 2.85. The van der Waals surface area contributed by atoms with E-state index in [2.05, 4.69) is 6.07 Å². The van der Waals surface area contributed by atoms with Crippen LogP contribution in [0.25, 0.3) is 0 Å². The highest BCUT2D eigenvalue weighted by molar-refractivity contribution is 6.32. The molecule has 6 nitrogen and oxygen atoms in total. The number of nitrogens with two attached hydrogens (primary N) is 1. The quantitative estimate of drug-likeness (QED) is 0.873. The monoisotopic (exact) mass is 358 g/mol. The van der Waals surface area contributed by atoms with Crippen LogP contribution in [0.3, 0.4) is 0 Å². The molecule has 0 saturated heterocycles. The Morgan fingerprint density at radius 1 is 1.20 bits per heavy atom. The Hall–Kier alpha value is -3.04. The van der Waals surface area contributed by atoms with Crippen LogP contribution in [0.4, 0.5) is 0 Å². The number of rotatable bonds is 3. The molecule has 1 heterocycles. The maximum Gasteiger partial charge on any atom is 0.205 e. The van der Waals surface area contributed by atoms with Gasteiger partial charge in [-0.1, -0.05) is 11.6 Å². The minimum Gasteiger partial charge on any atom is -0.506 e. The summed E-state index contributed by atoms with van der Waals surface area (Å²) in [5.74, 6) is 0.745. The molecule has 0 aromatic heterocycles. The largest absolute Gasteiger partial charge is 0.506 e. The number of allylic oxidation sites excluding steroid dienone is 1. The van der Waals surface area contributed by atoms with E-state index in [-0.39, 0.29) is 22.2 Å². The smallest absolute Gasteiger partial charge is 0.205 e. The Morgan fingerprint density at radius 2 is 1.96 bits per heavy atom. The summed E-state index contributed by atoms with van der Waals surface area (Å²) in [5, 5.41) is 19.6. The zero-order valence-electron chi connectivity index (χ0n) is 13.5. The number of aromatic hydroxyl groups is 1. The number of hydrogen-bond donors (Lipinski definition) is 2. The Bertz CT molecular complexity index is 918. The molecule has 0 spiro atoms. The molecule has 25 heavy (non-hydrogen) atoms. The summed E-state index contributed by atoms with van der Waals surface area (Å²) in [6, 6.07) is 10.3. The number of halogens is 1. The number of hydrogen-bond acceptors (Lipinski definition) is 6. The second-order valence-corrected chi connectivity index (χ2v) is 5.78. The normalized spacial score (nSPS) is 15.8. The highest BCUT2D eigenvalue weighted by atomic mass is 35.5. The van der Waals surface area contributed by atoms with Crippen molar-refractivity contribution >= 4 is 11.6 Å². The molecule has 1 atom stereocenters. The van der Waals surface area contributed by atoms with Gasteiger partial charge in [-0.25, -0.2) is 0 Å². The van der Waals surface area contributed by atoms with Gasteiger partial charge in [-0.05, 0) is 24.3 Å². The number of nitrogens with zero attached hydrogens (tertiary/aromatic N) is 1. The second kappa shape index (κ2) is 6.46. The van der Waals surface area contributed by atoms with Crippen LogP contribution in [0.1, 0.15) is 17.0 Å². The van der Waals surface area contributed by atoms with E-state index in [4.69, 9.17) is 31.5 Å². The number of phenols is 1. The topological polar surface area (TPSA) is 97.7 Å². The summed E-state index contributed by atoms with van der Waals surface area (Å²) in [6.07, 6.45) is 0. The van der Waals surface area contributed by atoms with Crippen LogP contribution in [0.15, 0.2) is 41.8 Å². The summed E-state index contributed by atoms with van der Waals surface area (Å²) >= 11 is 6.07. The first-order valence-electron chi connectivity index (χ1n) is 7.32. The molecule has 2 aromatic rings. The van der Waals surface area contributed by atoms with E-state index in [1.807, 2.05) is 0 Å². The van der Waals surface area contributed by atoms with E-state index >= 15 is 0 Å². The van der Waals surface area contributed by atoms with Gasteiger partial charge in [0.25, 0.3) is 0 Å². The maximum absolute atomic E-state index is 9.85. The predicted octanol–water partition coefficient (Wildman–Crippen LogP) is 3.28. The highest BCUT2D eigenvalue weighted by Crippen LogP contribution is 2.48. The van der Waals surface area contributed by atoms with Gasteiger partial charge in [0.05, 0.1) is 25.2 Å². The second-order valence-electron chi connectivity index (χ2n) is 5.37. The van der Waals surface area contributed by atoms with Crippen LogP contribution >= 0.6 is 11.6 Å². The molecular formula is C18H15ClN2O4. The molecule has 7 heteroatoms.